The molecule has 86 valence electrons. The Hall–Kier alpha value is -0.870. The minimum absolute atomic E-state index is 0.0656. The Morgan fingerprint density at radius 3 is 2.93 bits per heavy atom. The van der Waals surface area contributed by atoms with Gasteiger partial charge in [0.05, 0.1) is 0 Å². The molecule has 0 radical (unpaired) electrons. The van der Waals surface area contributed by atoms with Crippen LogP contribution in [0.25, 0.3) is 0 Å². The Labute approximate surface area is 91.7 Å². The predicted octanol–water partition coefficient (Wildman–Crippen LogP) is -0.0276. The molecule has 1 rings (SSSR count). The zero-order valence-corrected chi connectivity index (χ0v) is 9.68. The highest BCUT2D eigenvalue weighted by atomic mass is 16.1. The number of rotatable bonds is 5. The van der Waals surface area contributed by atoms with Crippen molar-refractivity contribution in [1.29, 1.82) is 0 Å². The lowest BCUT2D eigenvalue weighted by atomic mass is 10.2. The molecule has 4 heteroatoms. The molecule has 0 saturated carbocycles. The summed E-state index contributed by atoms with van der Waals surface area (Å²) in [7, 11) is 1.93. The maximum absolute atomic E-state index is 10.9. The van der Waals surface area contributed by atoms with Crippen molar-refractivity contribution < 1.29 is 4.79 Å². The van der Waals surface area contributed by atoms with E-state index in [2.05, 4.69) is 22.1 Å². The van der Waals surface area contributed by atoms with Gasteiger partial charge in [0.2, 0.25) is 5.91 Å². The summed E-state index contributed by atoms with van der Waals surface area (Å²) < 4.78 is 0. The predicted molar refractivity (Wildman–Crippen MR) is 61.7 cm³/mol. The summed E-state index contributed by atoms with van der Waals surface area (Å²) in [6.45, 7) is 9.36. The quantitative estimate of drug-likeness (QED) is 0.628. The number of hydrogen-bond acceptors (Lipinski definition) is 3. The first-order valence-electron chi connectivity index (χ1n) is 5.42. The summed E-state index contributed by atoms with van der Waals surface area (Å²) in [5.74, 6) is 0.0656. The summed E-state index contributed by atoms with van der Waals surface area (Å²) in [6.07, 6.45) is 1.05. The van der Waals surface area contributed by atoms with Gasteiger partial charge in [-0.3, -0.25) is 9.69 Å². The lowest BCUT2D eigenvalue weighted by Gasteiger charge is -2.17. The van der Waals surface area contributed by atoms with E-state index in [4.69, 9.17) is 0 Å². The standard InChI is InChI=1S/C11H21N3O/c1-9(6-12-3)7-14-5-4-11(8-14)13-10(2)15/h11-12H,1,4-8H2,2-3H3,(H,13,15). The van der Waals surface area contributed by atoms with Crippen molar-refractivity contribution >= 4 is 5.91 Å². The minimum atomic E-state index is 0.0656. The zero-order valence-electron chi connectivity index (χ0n) is 9.68. The van der Waals surface area contributed by atoms with Crippen LogP contribution in [-0.2, 0) is 4.79 Å². The molecular weight excluding hydrogens is 190 g/mol. The number of hydrogen-bond donors (Lipinski definition) is 2. The first-order chi connectivity index (χ1) is 7.11. The average Bonchev–Trinajstić information content (AvgIpc) is 2.51. The minimum Gasteiger partial charge on any atom is -0.352 e. The Balaban J connectivity index is 2.24. The van der Waals surface area contributed by atoms with Gasteiger partial charge in [-0.2, -0.15) is 0 Å². The van der Waals surface area contributed by atoms with Crippen molar-refractivity contribution in [3.05, 3.63) is 12.2 Å². The van der Waals surface area contributed by atoms with Crippen LogP contribution >= 0.6 is 0 Å². The van der Waals surface area contributed by atoms with Crippen molar-refractivity contribution in [2.45, 2.75) is 19.4 Å². The fourth-order valence-corrected chi connectivity index (χ4v) is 2.00. The van der Waals surface area contributed by atoms with Gasteiger partial charge in [0.1, 0.15) is 0 Å². The second kappa shape index (κ2) is 5.88. The van der Waals surface area contributed by atoms with Crippen LogP contribution in [0, 0.1) is 0 Å². The number of likely N-dealkylation sites (tertiary alicyclic amines) is 1. The van der Waals surface area contributed by atoms with Gasteiger partial charge in [-0.25, -0.2) is 0 Å². The molecule has 0 aromatic rings. The molecular formula is C11H21N3O. The normalized spacial score (nSPS) is 21.6. The van der Waals surface area contributed by atoms with Crippen molar-refractivity contribution in [2.75, 3.05) is 33.2 Å². The molecule has 1 aliphatic heterocycles. The van der Waals surface area contributed by atoms with Crippen LogP contribution in [0.4, 0.5) is 0 Å². The maximum atomic E-state index is 10.9. The van der Waals surface area contributed by atoms with Crippen molar-refractivity contribution in [1.82, 2.24) is 15.5 Å². The summed E-state index contributed by atoms with van der Waals surface area (Å²) in [6, 6.07) is 0.324. The second-order valence-corrected chi connectivity index (χ2v) is 4.20. The number of carbonyl (C=O) groups is 1. The van der Waals surface area contributed by atoms with E-state index in [0.29, 0.717) is 6.04 Å². The van der Waals surface area contributed by atoms with E-state index in [9.17, 15) is 4.79 Å². The zero-order chi connectivity index (χ0) is 11.3. The molecule has 1 heterocycles. The van der Waals surface area contributed by atoms with E-state index in [-0.39, 0.29) is 5.91 Å². The molecule has 1 fully saturated rings. The number of nitrogens with zero attached hydrogens (tertiary/aromatic N) is 1. The van der Waals surface area contributed by atoms with Crippen molar-refractivity contribution in [2.24, 2.45) is 0 Å². The summed E-state index contributed by atoms with van der Waals surface area (Å²) in [4.78, 5) is 13.2. The van der Waals surface area contributed by atoms with E-state index in [1.54, 1.807) is 6.92 Å². The van der Waals surface area contributed by atoms with Crippen LogP contribution in [0.5, 0.6) is 0 Å². The lowest BCUT2D eigenvalue weighted by molar-refractivity contribution is -0.119. The van der Waals surface area contributed by atoms with Gasteiger partial charge in [-0.05, 0) is 19.0 Å². The maximum Gasteiger partial charge on any atom is 0.217 e. The van der Waals surface area contributed by atoms with Crippen LogP contribution in [0.3, 0.4) is 0 Å². The Bertz CT molecular complexity index is 240. The van der Waals surface area contributed by atoms with Crippen LogP contribution in [-0.4, -0.2) is 50.1 Å². The van der Waals surface area contributed by atoms with Gasteiger partial charge >= 0.3 is 0 Å². The molecule has 1 aliphatic rings. The molecule has 0 aliphatic carbocycles. The van der Waals surface area contributed by atoms with Crippen LogP contribution in [0.15, 0.2) is 12.2 Å². The fourth-order valence-electron chi connectivity index (χ4n) is 2.00. The van der Waals surface area contributed by atoms with Gasteiger partial charge < -0.3 is 10.6 Å². The monoisotopic (exact) mass is 211 g/mol. The average molecular weight is 211 g/mol. The van der Waals surface area contributed by atoms with E-state index in [1.807, 2.05) is 7.05 Å². The Kier molecular flexibility index (Phi) is 4.78. The second-order valence-electron chi connectivity index (χ2n) is 4.20. The number of likely N-dealkylation sites (N-methyl/N-ethyl adjacent to an activating group) is 1. The van der Waals surface area contributed by atoms with Crippen LogP contribution in [0.1, 0.15) is 13.3 Å². The van der Waals surface area contributed by atoms with Gasteiger partial charge in [-0.15, -0.1) is 0 Å². The van der Waals surface area contributed by atoms with Gasteiger partial charge in [0.15, 0.2) is 0 Å². The van der Waals surface area contributed by atoms with E-state index in [1.165, 1.54) is 5.57 Å². The Morgan fingerprint density at radius 2 is 2.33 bits per heavy atom. The van der Waals surface area contributed by atoms with Gasteiger partial charge in [0, 0.05) is 39.1 Å². The SMILES string of the molecule is C=C(CNC)CN1CCC(NC(C)=O)C1. The molecule has 2 N–H and O–H groups in total. The molecule has 0 aromatic heterocycles. The molecule has 1 saturated heterocycles. The highest BCUT2D eigenvalue weighted by Crippen LogP contribution is 2.10. The first kappa shape index (κ1) is 12.2. The molecule has 0 aromatic carbocycles. The molecule has 1 atom stereocenters. The third kappa shape index (κ3) is 4.44. The van der Waals surface area contributed by atoms with E-state index < -0.39 is 0 Å². The molecule has 4 nitrogen and oxygen atoms in total. The smallest absolute Gasteiger partial charge is 0.217 e. The highest BCUT2D eigenvalue weighted by molar-refractivity contribution is 5.73. The molecule has 0 bridgehead atoms. The number of nitrogens with one attached hydrogen (secondary N) is 2. The molecule has 1 unspecified atom stereocenters. The largest absolute Gasteiger partial charge is 0.352 e. The topological polar surface area (TPSA) is 44.4 Å². The lowest BCUT2D eigenvalue weighted by Crippen LogP contribution is -2.36. The van der Waals surface area contributed by atoms with Gasteiger partial charge in [-0.1, -0.05) is 6.58 Å². The summed E-state index contributed by atoms with van der Waals surface area (Å²) in [5.41, 5.74) is 1.20. The van der Waals surface area contributed by atoms with E-state index in [0.717, 1.165) is 32.6 Å². The fraction of sp³-hybridized carbons (Fsp3) is 0.727. The number of amides is 1. The van der Waals surface area contributed by atoms with Crippen molar-refractivity contribution in [3.8, 4) is 0 Å². The Morgan fingerprint density at radius 1 is 1.60 bits per heavy atom. The summed E-state index contributed by atoms with van der Waals surface area (Å²) in [5, 5.41) is 6.04. The molecule has 0 spiro atoms. The van der Waals surface area contributed by atoms with Crippen molar-refractivity contribution in [3.63, 3.8) is 0 Å². The third-order valence-corrected chi connectivity index (χ3v) is 2.55. The summed E-state index contributed by atoms with van der Waals surface area (Å²) >= 11 is 0. The van der Waals surface area contributed by atoms with Gasteiger partial charge in [0.25, 0.3) is 0 Å². The highest BCUT2D eigenvalue weighted by Gasteiger charge is 2.22. The third-order valence-electron chi connectivity index (χ3n) is 2.55. The molecule has 15 heavy (non-hydrogen) atoms. The van der Waals surface area contributed by atoms with Crippen LogP contribution in [0.2, 0.25) is 0 Å². The van der Waals surface area contributed by atoms with E-state index >= 15 is 0 Å². The number of carbonyl (C=O) groups excluding carboxylic acids is 1. The van der Waals surface area contributed by atoms with Crippen LogP contribution < -0.4 is 10.6 Å². The first-order valence-corrected chi connectivity index (χ1v) is 5.42. The molecule has 1 amide bonds.